The van der Waals surface area contributed by atoms with Crippen LogP contribution in [0.2, 0.25) is 0 Å². The SMILES string of the molecule is CCCNCc1sc(N(C)C2CCSC2)nc1C(C)CC. The van der Waals surface area contributed by atoms with Gasteiger partial charge in [-0.05, 0) is 37.5 Å². The van der Waals surface area contributed by atoms with E-state index < -0.39 is 0 Å². The Morgan fingerprint density at radius 1 is 1.43 bits per heavy atom. The van der Waals surface area contributed by atoms with Crippen molar-refractivity contribution < 1.29 is 0 Å². The van der Waals surface area contributed by atoms with Crippen LogP contribution in [-0.4, -0.2) is 36.1 Å². The van der Waals surface area contributed by atoms with E-state index in [0.29, 0.717) is 12.0 Å². The quantitative estimate of drug-likeness (QED) is 0.728. The molecule has 0 aromatic carbocycles. The lowest BCUT2D eigenvalue weighted by atomic mass is 10.0. The molecule has 0 spiro atoms. The molecule has 21 heavy (non-hydrogen) atoms. The second kappa shape index (κ2) is 8.39. The number of nitrogens with one attached hydrogen (secondary N) is 1. The molecule has 1 aromatic rings. The van der Waals surface area contributed by atoms with Crippen LogP contribution in [0.4, 0.5) is 5.13 Å². The van der Waals surface area contributed by atoms with E-state index >= 15 is 0 Å². The molecule has 1 fully saturated rings. The van der Waals surface area contributed by atoms with Gasteiger partial charge in [0.25, 0.3) is 0 Å². The summed E-state index contributed by atoms with van der Waals surface area (Å²) in [6, 6.07) is 0.669. The molecule has 0 radical (unpaired) electrons. The Bertz CT molecular complexity index is 427. The zero-order chi connectivity index (χ0) is 15.2. The molecule has 2 heterocycles. The molecule has 1 aromatic heterocycles. The molecule has 0 amide bonds. The van der Waals surface area contributed by atoms with Crippen LogP contribution in [0.1, 0.15) is 56.5 Å². The monoisotopic (exact) mass is 327 g/mol. The van der Waals surface area contributed by atoms with E-state index in [1.165, 1.54) is 40.0 Å². The second-order valence-corrected chi connectivity index (χ2v) is 8.13. The van der Waals surface area contributed by atoms with Crippen LogP contribution in [0, 0.1) is 0 Å². The van der Waals surface area contributed by atoms with Crippen molar-refractivity contribution in [2.24, 2.45) is 0 Å². The van der Waals surface area contributed by atoms with Crippen LogP contribution in [0.15, 0.2) is 0 Å². The summed E-state index contributed by atoms with van der Waals surface area (Å²) in [7, 11) is 2.22. The van der Waals surface area contributed by atoms with E-state index in [1.54, 1.807) is 0 Å². The van der Waals surface area contributed by atoms with Crippen molar-refractivity contribution in [3.63, 3.8) is 0 Å². The van der Waals surface area contributed by atoms with Crippen molar-refractivity contribution in [3.05, 3.63) is 10.6 Å². The summed E-state index contributed by atoms with van der Waals surface area (Å²) in [6.45, 7) is 8.82. The van der Waals surface area contributed by atoms with Crippen LogP contribution < -0.4 is 10.2 Å². The largest absolute Gasteiger partial charge is 0.347 e. The first kappa shape index (κ1) is 17.1. The van der Waals surface area contributed by atoms with Gasteiger partial charge in [-0.1, -0.05) is 20.8 Å². The molecule has 1 aliphatic heterocycles. The second-order valence-electron chi connectivity index (χ2n) is 5.92. The fourth-order valence-electron chi connectivity index (χ4n) is 2.57. The van der Waals surface area contributed by atoms with Gasteiger partial charge < -0.3 is 10.2 Å². The van der Waals surface area contributed by atoms with E-state index in [9.17, 15) is 0 Å². The highest BCUT2D eigenvalue weighted by atomic mass is 32.2. The topological polar surface area (TPSA) is 28.2 Å². The lowest BCUT2D eigenvalue weighted by molar-refractivity contribution is 0.652. The minimum atomic E-state index is 0.555. The third-order valence-corrected chi connectivity index (χ3v) is 6.57. The van der Waals surface area contributed by atoms with E-state index in [1.807, 2.05) is 11.3 Å². The van der Waals surface area contributed by atoms with Crippen LogP contribution in [0.3, 0.4) is 0 Å². The Morgan fingerprint density at radius 2 is 2.24 bits per heavy atom. The number of thioether (sulfide) groups is 1. The maximum atomic E-state index is 5.00. The molecule has 120 valence electrons. The maximum Gasteiger partial charge on any atom is 0.185 e. The van der Waals surface area contributed by atoms with Crippen molar-refractivity contribution in [2.45, 2.75) is 58.5 Å². The molecule has 1 aliphatic rings. The van der Waals surface area contributed by atoms with Gasteiger partial charge in [0.1, 0.15) is 0 Å². The lowest BCUT2D eigenvalue weighted by Gasteiger charge is -2.22. The Morgan fingerprint density at radius 3 is 2.86 bits per heavy atom. The number of aromatic nitrogens is 1. The first-order valence-corrected chi connectivity index (χ1v) is 10.1. The number of thiazole rings is 1. The average molecular weight is 328 g/mol. The van der Waals surface area contributed by atoms with Gasteiger partial charge >= 0.3 is 0 Å². The Balaban J connectivity index is 2.13. The summed E-state index contributed by atoms with van der Waals surface area (Å²) in [5, 5.41) is 4.75. The van der Waals surface area contributed by atoms with Gasteiger partial charge in [-0.25, -0.2) is 4.98 Å². The van der Waals surface area contributed by atoms with Gasteiger partial charge in [-0.2, -0.15) is 11.8 Å². The van der Waals surface area contributed by atoms with Gasteiger partial charge in [0.2, 0.25) is 0 Å². The minimum Gasteiger partial charge on any atom is -0.347 e. The summed E-state index contributed by atoms with van der Waals surface area (Å²) < 4.78 is 0. The van der Waals surface area contributed by atoms with E-state index in [4.69, 9.17) is 4.98 Å². The van der Waals surface area contributed by atoms with Crippen LogP contribution in [-0.2, 0) is 6.54 Å². The molecule has 5 heteroatoms. The Labute approximate surface area is 137 Å². The third kappa shape index (κ3) is 4.36. The Kier molecular flexibility index (Phi) is 6.83. The smallest absolute Gasteiger partial charge is 0.185 e. The molecule has 2 rings (SSSR count). The molecule has 2 atom stereocenters. The van der Waals surface area contributed by atoms with E-state index in [-0.39, 0.29) is 0 Å². The number of hydrogen-bond donors (Lipinski definition) is 1. The summed E-state index contributed by atoms with van der Waals surface area (Å²) in [5.74, 6) is 3.10. The van der Waals surface area contributed by atoms with Crippen molar-refractivity contribution in [2.75, 3.05) is 30.0 Å². The third-order valence-electron chi connectivity index (χ3n) is 4.26. The van der Waals surface area contributed by atoms with Gasteiger partial charge in [0.15, 0.2) is 5.13 Å². The summed E-state index contributed by atoms with van der Waals surface area (Å²) in [5.41, 5.74) is 1.32. The maximum absolute atomic E-state index is 5.00. The normalized spacial score (nSPS) is 19.9. The molecule has 1 N–H and O–H groups in total. The molecule has 3 nitrogen and oxygen atoms in total. The predicted octanol–water partition coefficient (Wildman–Crippen LogP) is 4.10. The first-order chi connectivity index (χ1) is 10.2. The molecule has 1 saturated heterocycles. The highest BCUT2D eigenvalue weighted by Gasteiger charge is 2.24. The molecule has 2 unspecified atom stereocenters. The van der Waals surface area contributed by atoms with Gasteiger partial charge in [-0.3, -0.25) is 0 Å². The number of hydrogen-bond acceptors (Lipinski definition) is 5. The lowest BCUT2D eigenvalue weighted by Crippen LogP contribution is -2.31. The van der Waals surface area contributed by atoms with Crippen molar-refractivity contribution >= 4 is 28.2 Å². The van der Waals surface area contributed by atoms with E-state index in [2.05, 4.69) is 49.8 Å². The summed E-state index contributed by atoms with van der Waals surface area (Å²) in [6.07, 6.45) is 3.64. The predicted molar refractivity (Wildman–Crippen MR) is 97.0 cm³/mol. The minimum absolute atomic E-state index is 0.555. The average Bonchev–Trinajstić information content (AvgIpc) is 3.15. The van der Waals surface area contributed by atoms with Gasteiger partial charge in [-0.15, -0.1) is 11.3 Å². The van der Waals surface area contributed by atoms with Crippen molar-refractivity contribution in [1.29, 1.82) is 0 Å². The molecule has 0 aliphatic carbocycles. The summed E-state index contributed by atoms with van der Waals surface area (Å²) in [4.78, 5) is 8.85. The highest BCUT2D eigenvalue weighted by molar-refractivity contribution is 7.99. The molecule has 0 bridgehead atoms. The van der Waals surface area contributed by atoms with Gasteiger partial charge in [0.05, 0.1) is 5.69 Å². The number of rotatable bonds is 8. The van der Waals surface area contributed by atoms with Crippen molar-refractivity contribution in [1.82, 2.24) is 10.3 Å². The van der Waals surface area contributed by atoms with Gasteiger partial charge in [0, 0.05) is 30.3 Å². The van der Waals surface area contributed by atoms with Crippen LogP contribution in [0.5, 0.6) is 0 Å². The standard InChI is InChI=1S/C16H29N3S2/c1-5-8-17-10-14-15(12(3)6-2)18-16(21-14)19(4)13-7-9-20-11-13/h12-13,17H,5-11H2,1-4H3. The first-order valence-electron chi connectivity index (χ1n) is 8.18. The van der Waals surface area contributed by atoms with Crippen molar-refractivity contribution in [3.8, 4) is 0 Å². The number of anilines is 1. The Hall–Kier alpha value is -0.260. The van der Waals surface area contributed by atoms with E-state index in [0.717, 1.165) is 19.5 Å². The molecular formula is C16H29N3S2. The fraction of sp³-hybridized carbons (Fsp3) is 0.812. The highest BCUT2D eigenvalue weighted by Crippen LogP contribution is 2.34. The zero-order valence-corrected chi connectivity index (χ0v) is 15.4. The van der Waals surface area contributed by atoms with Crippen LogP contribution in [0.25, 0.3) is 0 Å². The molecular weight excluding hydrogens is 298 g/mol. The van der Waals surface area contributed by atoms with Crippen LogP contribution >= 0.6 is 23.1 Å². The zero-order valence-electron chi connectivity index (χ0n) is 13.8. The fourth-order valence-corrected chi connectivity index (χ4v) is 5.02. The molecule has 0 saturated carbocycles. The number of nitrogens with zero attached hydrogens (tertiary/aromatic N) is 2. The summed E-state index contributed by atoms with van der Waals surface area (Å²) >= 11 is 3.96.